The Morgan fingerprint density at radius 1 is 1.20 bits per heavy atom. The van der Waals surface area contributed by atoms with Gasteiger partial charge in [0.1, 0.15) is 0 Å². The third kappa shape index (κ3) is 2.95. The first kappa shape index (κ1) is 14.0. The van der Waals surface area contributed by atoms with Gasteiger partial charge in [-0.3, -0.25) is 14.9 Å². The van der Waals surface area contributed by atoms with Gasteiger partial charge in [-0.1, -0.05) is 23.7 Å². The number of para-hydroxylation sites is 1. The number of anilines is 1. The number of nitrogens with zero attached hydrogens (tertiary/aromatic N) is 1. The Balaban J connectivity index is 2.22. The summed E-state index contributed by atoms with van der Waals surface area (Å²) in [7, 11) is 0. The first-order valence-corrected chi connectivity index (χ1v) is 6.18. The number of nitro benzene ring substituents is 1. The summed E-state index contributed by atoms with van der Waals surface area (Å²) in [6.45, 7) is 1.83. The van der Waals surface area contributed by atoms with Crippen molar-refractivity contribution in [3.63, 3.8) is 0 Å². The molecule has 5 nitrogen and oxygen atoms in total. The van der Waals surface area contributed by atoms with Gasteiger partial charge in [-0.2, -0.15) is 0 Å². The summed E-state index contributed by atoms with van der Waals surface area (Å²) in [6.07, 6.45) is 0. The monoisotopic (exact) mass is 290 g/mol. The van der Waals surface area contributed by atoms with Gasteiger partial charge in [0.05, 0.1) is 15.6 Å². The van der Waals surface area contributed by atoms with E-state index in [1.54, 1.807) is 12.1 Å². The Kier molecular flexibility index (Phi) is 4.00. The first-order chi connectivity index (χ1) is 9.49. The van der Waals surface area contributed by atoms with E-state index in [2.05, 4.69) is 5.32 Å². The van der Waals surface area contributed by atoms with E-state index in [0.29, 0.717) is 16.3 Å². The second kappa shape index (κ2) is 5.71. The lowest BCUT2D eigenvalue weighted by atomic mass is 10.1. The number of nitrogens with one attached hydrogen (secondary N) is 1. The average Bonchev–Trinajstić information content (AvgIpc) is 2.43. The fourth-order valence-electron chi connectivity index (χ4n) is 1.71. The van der Waals surface area contributed by atoms with Gasteiger partial charge in [0, 0.05) is 17.7 Å². The zero-order valence-electron chi connectivity index (χ0n) is 10.6. The van der Waals surface area contributed by atoms with E-state index < -0.39 is 4.92 Å². The summed E-state index contributed by atoms with van der Waals surface area (Å²) < 4.78 is 0. The van der Waals surface area contributed by atoms with Crippen molar-refractivity contribution in [1.29, 1.82) is 0 Å². The van der Waals surface area contributed by atoms with Crippen molar-refractivity contribution >= 4 is 28.9 Å². The van der Waals surface area contributed by atoms with E-state index >= 15 is 0 Å². The highest BCUT2D eigenvalue weighted by atomic mass is 35.5. The number of carbonyl (C=O) groups is 1. The summed E-state index contributed by atoms with van der Waals surface area (Å²) in [5.74, 6) is -0.365. The topological polar surface area (TPSA) is 72.2 Å². The normalized spacial score (nSPS) is 10.1. The smallest absolute Gasteiger partial charge is 0.269 e. The van der Waals surface area contributed by atoms with Crippen molar-refractivity contribution in [2.75, 3.05) is 5.32 Å². The minimum absolute atomic E-state index is 0.0597. The molecule has 2 aromatic rings. The molecule has 0 bridgehead atoms. The van der Waals surface area contributed by atoms with Gasteiger partial charge in [-0.25, -0.2) is 0 Å². The summed E-state index contributed by atoms with van der Waals surface area (Å²) in [4.78, 5) is 22.1. The number of amides is 1. The molecular weight excluding hydrogens is 280 g/mol. The maximum absolute atomic E-state index is 12.1. The van der Waals surface area contributed by atoms with Crippen LogP contribution >= 0.6 is 11.6 Å². The fraction of sp³-hybridized carbons (Fsp3) is 0.0714. The molecule has 2 rings (SSSR count). The number of hydrogen-bond donors (Lipinski definition) is 1. The van der Waals surface area contributed by atoms with Crippen LogP contribution in [0.4, 0.5) is 11.4 Å². The van der Waals surface area contributed by atoms with E-state index in [9.17, 15) is 14.9 Å². The van der Waals surface area contributed by atoms with Crippen LogP contribution < -0.4 is 5.32 Å². The van der Waals surface area contributed by atoms with Crippen molar-refractivity contribution < 1.29 is 9.72 Å². The number of benzene rings is 2. The molecule has 0 aliphatic carbocycles. The molecule has 0 radical (unpaired) electrons. The minimum Gasteiger partial charge on any atom is -0.320 e. The Bertz CT molecular complexity index is 648. The van der Waals surface area contributed by atoms with Crippen LogP contribution in [0.2, 0.25) is 5.02 Å². The highest BCUT2D eigenvalue weighted by Gasteiger charge is 2.12. The van der Waals surface area contributed by atoms with Crippen molar-refractivity contribution in [1.82, 2.24) is 0 Å². The summed E-state index contributed by atoms with van der Waals surface area (Å²) in [6, 6.07) is 10.7. The minimum atomic E-state index is -0.514. The molecule has 0 fully saturated rings. The molecule has 102 valence electrons. The molecule has 0 aliphatic heterocycles. The van der Waals surface area contributed by atoms with Crippen molar-refractivity contribution in [2.24, 2.45) is 0 Å². The molecule has 0 aromatic heterocycles. The zero-order chi connectivity index (χ0) is 14.7. The van der Waals surface area contributed by atoms with Gasteiger partial charge in [-0.05, 0) is 30.7 Å². The van der Waals surface area contributed by atoms with E-state index in [4.69, 9.17) is 11.6 Å². The number of halogens is 1. The Morgan fingerprint density at radius 3 is 2.40 bits per heavy atom. The number of rotatable bonds is 3. The largest absolute Gasteiger partial charge is 0.320 e. The van der Waals surface area contributed by atoms with Gasteiger partial charge < -0.3 is 5.32 Å². The van der Waals surface area contributed by atoms with Crippen LogP contribution in [0.25, 0.3) is 0 Å². The SMILES string of the molecule is Cc1cccc(Cl)c1NC(=O)c1ccc([N+](=O)[O-])cc1. The summed E-state index contributed by atoms with van der Waals surface area (Å²) >= 11 is 6.02. The molecule has 0 spiro atoms. The van der Waals surface area contributed by atoms with E-state index in [-0.39, 0.29) is 11.6 Å². The molecule has 0 heterocycles. The van der Waals surface area contributed by atoms with Gasteiger partial charge in [-0.15, -0.1) is 0 Å². The molecule has 1 N–H and O–H groups in total. The van der Waals surface area contributed by atoms with Crippen molar-refractivity contribution in [3.05, 3.63) is 68.7 Å². The van der Waals surface area contributed by atoms with Crippen LogP contribution in [0.15, 0.2) is 42.5 Å². The maximum atomic E-state index is 12.1. The third-order valence-electron chi connectivity index (χ3n) is 2.80. The Labute approximate surface area is 120 Å². The van der Waals surface area contributed by atoms with E-state index in [0.717, 1.165) is 5.56 Å². The average molecular weight is 291 g/mol. The lowest BCUT2D eigenvalue weighted by Gasteiger charge is -2.10. The number of aryl methyl sites for hydroxylation is 1. The predicted octanol–water partition coefficient (Wildman–Crippen LogP) is 3.81. The van der Waals surface area contributed by atoms with Crippen molar-refractivity contribution in [3.8, 4) is 0 Å². The molecule has 6 heteroatoms. The van der Waals surface area contributed by atoms with Gasteiger partial charge in [0.25, 0.3) is 11.6 Å². The van der Waals surface area contributed by atoms with Gasteiger partial charge in [0.15, 0.2) is 0 Å². The van der Waals surface area contributed by atoms with Gasteiger partial charge in [0.2, 0.25) is 0 Å². The summed E-state index contributed by atoms with van der Waals surface area (Å²) in [5.41, 5.74) is 1.65. The molecule has 0 saturated carbocycles. The summed E-state index contributed by atoms with van der Waals surface area (Å²) in [5, 5.41) is 13.7. The van der Waals surface area contributed by atoms with Crippen LogP contribution in [0.5, 0.6) is 0 Å². The zero-order valence-corrected chi connectivity index (χ0v) is 11.3. The van der Waals surface area contributed by atoms with Crippen molar-refractivity contribution in [2.45, 2.75) is 6.92 Å². The number of hydrogen-bond acceptors (Lipinski definition) is 3. The molecular formula is C14H11ClN2O3. The highest BCUT2D eigenvalue weighted by molar-refractivity contribution is 6.34. The van der Waals surface area contributed by atoms with Crippen LogP contribution in [-0.4, -0.2) is 10.8 Å². The molecule has 1 amide bonds. The van der Waals surface area contributed by atoms with Gasteiger partial charge >= 0.3 is 0 Å². The predicted molar refractivity (Wildman–Crippen MR) is 77.2 cm³/mol. The molecule has 0 unspecified atom stereocenters. The number of non-ortho nitro benzene ring substituents is 1. The number of carbonyl (C=O) groups excluding carboxylic acids is 1. The third-order valence-corrected chi connectivity index (χ3v) is 3.12. The van der Waals surface area contributed by atoms with E-state index in [1.165, 1.54) is 24.3 Å². The van der Waals surface area contributed by atoms with Crippen LogP contribution in [0.3, 0.4) is 0 Å². The lowest BCUT2D eigenvalue weighted by molar-refractivity contribution is -0.384. The molecule has 0 saturated heterocycles. The standard InChI is InChI=1S/C14H11ClN2O3/c1-9-3-2-4-12(15)13(9)16-14(18)10-5-7-11(8-6-10)17(19)20/h2-8H,1H3,(H,16,18). The molecule has 0 aliphatic rings. The van der Waals surface area contributed by atoms with Crippen LogP contribution in [0, 0.1) is 17.0 Å². The molecule has 20 heavy (non-hydrogen) atoms. The second-order valence-electron chi connectivity index (χ2n) is 4.19. The van der Waals surface area contributed by atoms with Crippen LogP contribution in [-0.2, 0) is 0 Å². The Morgan fingerprint density at radius 2 is 1.85 bits per heavy atom. The van der Waals surface area contributed by atoms with Crippen LogP contribution in [0.1, 0.15) is 15.9 Å². The maximum Gasteiger partial charge on any atom is 0.269 e. The molecule has 2 aromatic carbocycles. The second-order valence-corrected chi connectivity index (χ2v) is 4.60. The number of nitro groups is 1. The quantitative estimate of drug-likeness (QED) is 0.690. The Hall–Kier alpha value is -2.40. The first-order valence-electron chi connectivity index (χ1n) is 5.80. The lowest BCUT2D eigenvalue weighted by Crippen LogP contribution is -2.13. The molecule has 0 atom stereocenters. The van der Waals surface area contributed by atoms with E-state index in [1.807, 2.05) is 13.0 Å². The highest BCUT2D eigenvalue weighted by Crippen LogP contribution is 2.26. The fourth-order valence-corrected chi connectivity index (χ4v) is 1.98.